The molecule has 0 aliphatic heterocycles. The fourth-order valence-electron chi connectivity index (χ4n) is 4.82. The van der Waals surface area contributed by atoms with E-state index in [0.717, 1.165) is 50.5 Å². The number of carbonyl (C=O) groups is 2. The Morgan fingerprint density at radius 1 is 1.17 bits per heavy atom. The smallest absolute Gasteiger partial charge is 0.243 e. The van der Waals surface area contributed by atoms with E-state index in [4.69, 9.17) is 16.9 Å². The Hall–Kier alpha value is -3.37. The summed E-state index contributed by atoms with van der Waals surface area (Å²) >= 11 is 0. The first-order valence-corrected chi connectivity index (χ1v) is 14.9. The van der Waals surface area contributed by atoms with Gasteiger partial charge in [-0.15, -0.1) is 12.3 Å². The van der Waals surface area contributed by atoms with E-state index in [1.807, 2.05) is 6.92 Å². The van der Waals surface area contributed by atoms with Crippen molar-refractivity contribution in [3.05, 3.63) is 65.0 Å². The molecule has 0 radical (unpaired) electrons. The summed E-state index contributed by atoms with van der Waals surface area (Å²) in [5.41, 5.74) is 9.65. The Bertz CT molecular complexity index is 1180. The molecular weight excluding hydrogens is 517 g/mol. The average molecular weight is 564 g/mol. The maximum absolute atomic E-state index is 13.3. The van der Waals surface area contributed by atoms with Crippen LogP contribution in [0.4, 0.5) is 4.39 Å². The minimum atomic E-state index is -0.681. The summed E-state index contributed by atoms with van der Waals surface area (Å²) < 4.78 is 18.9. The second-order valence-electron chi connectivity index (χ2n) is 11.5. The highest BCUT2D eigenvalue weighted by molar-refractivity contribution is 5.88. The molecule has 7 heteroatoms. The lowest BCUT2D eigenvalue weighted by Crippen LogP contribution is -2.53. The molecule has 2 fully saturated rings. The molecule has 3 atom stereocenters. The maximum Gasteiger partial charge on any atom is 0.243 e. The van der Waals surface area contributed by atoms with Crippen LogP contribution in [0.25, 0.3) is 0 Å². The zero-order chi connectivity index (χ0) is 29.8. The van der Waals surface area contributed by atoms with Gasteiger partial charge < -0.3 is 21.1 Å². The van der Waals surface area contributed by atoms with Crippen LogP contribution in [-0.2, 0) is 21.5 Å². The molecule has 0 bridgehead atoms. The number of halogens is 1. The number of nitrogens with one attached hydrogen (secondary N) is 2. The van der Waals surface area contributed by atoms with Crippen LogP contribution < -0.4 is 21.1 Å². The SMILES string of the molecule is C#CCC(NC(=O)CCCCCOc1cc(C)cc(F)c1)C(=O)NC1CCC1C.CCc1cccc(C2(N)CC2)c1. The molecular formula is C34H46FN3O3. The van der Waals surface area contributed by atoms with Crippen molar-refractivity contribution in [1.29, 1.82) is 0 Å². The lowest BCUT2D eigenvalue weighted by molar-refractivity contribution is -0.130. The molecule has 0 saturated heterocycles. The van der Waals surface area contributed by atoms with Gasteiger partial charge in [-0.25, -0.2) is 4.39 Å². The summed E-state index contributed by atoms with van der Waals surface area (Å²) in [6, 6.07) is 12.8. The van der Waals surface area contributed by atoms with Crippen molar-refractivity contribution in [3.8, 4) is 18.1 Å². The summed E-state index contributed by atoms with van der Waals surface area (Å²) in [6.07, 6.45) is 13.6. The Morgan fingerprint density at radius 2 is 1.95 bits per heavy atom. The first-order chi connectivity index (χ1) is 19.6. The quantitative estimate of drug-likeness (QED) is 0.216. The van der Waals surface area contributed by atoms with Crippen LogP contribution in [0.1, 0.15) is 88.3 Å². The molecule has 0 spiro atoms. The lowest BCUT2D eigenvalue weighted by atomic mass is 9.81. The van der Waals surface area contributed by atoms with Gasteiger partial charge in [-0.05, 0) is 93.0 Å². The molecule has 6 nitrogen and oxygen atoms in total. The number of ether oxygens (including phenoxy) is 1. The van der Waals surface area contributed by atoms with E-state index in [-0.39, 0.29) is 35.6 Å². The molecule has 2 aromatic rings. The number of nitrogens with two attached hydrogens (primary N) is 1. The monoisotopic (exact) mass is 563 g/mol. The molecule has 0 heterocycles. The fraction of sp³-hybridized carbons (Fsp3) is 0.529. The molecule has 2 aromatic carbocycles. The van der Waals surface area contributed by atoms with E-state index in [1.165, 1.54) is 23.3 Å². The number of rotatable bonds is 13. The molecule has 2 saturated carbocycles. The number of amides is 2. The van der Waals surface area contributed by atoms with Gasteiger partial charge in [0.25, 0.3) is 0 Å². The standard InChI is InChI=1S/C23H31FN2O3.C11H15N/c1-4-8-21(23(28)26-20-11-10-17(20)3)25-22(27)9-6-5-7-12-29-19-14-16(2)13-18(24)15-19;1-2-9-4-3-5-10(8-9)11(12)6-7-11/h1,13-15,17,20-21H,5-12H2,2-3H3,(H,25,27)(H,26,28);3-5,8H,2,6-7,12H2,1H3. The van der Waals surface area contributed by atoms with E-state index in [9.17, 15) is 14.0 Å². The molecule has 222 valence electrons. The Balaban J connectivity index is 0.000000317. The van der Waals surface area contributed by atoms with E-state index in [1.54, 1.807) is 6.07 Å². The van der Waals surface area contributed by atoms with Gasteiger partial charge >= 0.3 is 0 Å². The average Bonchev–Trinajstić information content (AvgIpc) is 3.70. The van der Waals surface area contributed by atoms with Crippen molar-refractivity contribution < 1.29 is 18.7 Å². The van der Waals surface area contributed by atoms with E-state index >= 15 is 0 Å². The predicted octanol–water partition coefficient (Wildman–Crippen LogP) is 5.69. The minimum Gasteiger partial charge on any atom is -0.493 e. The number of hydrogen-bond donors (Lipinski definition) is 3. The number of aryl methyl sites for hydroxylation is 2. The third-order valence-electron chi connectivity index (χ3n) is 7.95. The molecule has 2 aliphatic carbocycles. The largest absolute Gasteiger partial charge is 0.493 e. The highest BCUT2D eigenvalue weighted by Gasteiger charge is 2.39. The highest BCUT2D eigenvalue weighted by atomic mass is 19.1. The number of benzene rings is 2. The summed E-state index contributed by atoms with van der Waals surface area (Å²) in [7, 11) is 0. The molecule has 2 aliphatic rings. The van der Waals surface area contributed by atoms with Gasteiger partial charge in [0.15, 0.2) is 0 Å². The summed E-state index contributed by atoms with van der Waals surface area (Å²) in [5, 5.41) is 5.72. The second-order valence-corrected chi connectivity index (χ2v) is 11.5. The van der Waals surface area contributed by atoms with Gasteiger partial charge in [0.05, 0.1) is 6.61 Å². The summed E-state index contributed by atoms with van der Waals surface area (Å²) in [6.45, 7) is 6.55. The van der Waals surface area contributed by atoms with Gasteiger partial charge in [0.1, 0.15) is 17.6 Å². The van der Waals surface area contributed by atoms with Gasteiger partial charge in [0.2, 0.25) is 11.8 Å². The predicted molar refractivity (Wildman–Crippen MR) is 162 cm³/mol. The third kappa shape index (κ3) is 10.5. The van der Waals surface area contributed by atoms with Crippen molar-refractivity contribution >= 4 is 11.8 Å². The van der Waals surface area contributed by atoms with Crippen LogP contribution in [-0.4, -0.2) is 30.5 Å². The van der Waals surface area contributed by atoms with Crippen LogP contribution in [0.5, 0.6) is 5.75 Å². The van der Waals surface area contributed by atoms with E-state index in [0.29, 0.717) is 31.1 Å². The Morgan fingerprint density at radius 3 is 2.56 bits per heavy atom. The zero-order valence-electron chi connectivity index (χ0n) is 24.8. The van der Waals surface area contributed by atoms with Crippen molar-refractivity contribution in [2.75, 3.05) is 6.61 Å². The van der Waals surface area contributed by atoms with Gasteiger partial charge in [-0.3, -0.25) is 9.59 Å². The molecule has 4 rings (SSSR count). The van der Waals surface area contributed by atoms with Crippen LogP contribution in [0.2, 0.25) is 0 Å². The Labute approximate surface area is 245 Å². The van der Waals surface area contributed by atoms with E-state index in [2.05, 4.69) is 54.7 Å². The normalized spacial score (nSPS) is 18.9. The van der Waals surface area contributed by atoms with Gasteiger partial charge in [-0.2, -0.15) is 0 Å². The molecule has 3 unspecified atom stereocenters. The second kappa shape index (κ2) is 15.6. The number of carbonyl (C=O) groups excluding carboxylic acids is 2. The van der Waals surface area contributed by atoms with Crippen molar-refractivity contribution in [2.24, 2.45) is 11.7 Å². The molecule has 4 N–H and O–H groups in total. The third-order valence-corrected chi connectivity index (χ3v) is 7.95. The van der Waals surface area contributed by atoms with E-state index < -0.39 is 6.04 Å². The summed E-state index contributed by atoms with van der Waals surface area (Å²) in [4.78, 5) is 24.5. The van der Waals surface area contributed by atoms with Crippen LogP contribution in [0.3, 0.4) is 0 Å². The van der Waals surface area contributed by atoms with Gasteiger partial charge in [-0.1, -0.05) is 38.1 Å². The minimum absolute atomic E-state index is 0.0329. The first-order valence-electron chi connectivity index (χ1n) is 14.9. The Kier molecular flexibility index (Phi) is 12.2. The summed E-state index contributed by atoms with van der Waals surface area (Å²) in [5.74, 6) is 2.76. The lowest BCUT2D eigenvalue weighted by Gasteiger charge is -2.35. The highest BCUT2D eigenvalue weighted by Crippen LogP contribution is 2.42. The number of hydrogen-bond acceptors (Lipinski definition) is 4. The van der Waals surface area contributed by atoms with Crippen LogP contribution in [0, 0.1) is 31.0 Å². The van der Waals surface area contributed by atoms with Crippen molar-refractivity contribution in [2.45, 2.75) is 103 Å². The van der Waals surface area contributed by atoms with Crippen molar-refractivity contribution in [3.63, 3.8) is 0 Å². The number of unbranched alkanes of at least 4 members (excludes halogenated alkanes) is 2. The van der Waals surface area contributed by atoms with Crippen LogP contribution in [0.15, 0.2) is 42.5 Å². The zero-order valence-corrected chi connectivity index (χ0v) is 24.8. The van der Waals surface area contributed by atoms with Gasteiger partial charge in [0, 0.05) is 30.5 Å². The first kappa shape index (κ1) is 32.1. The molecule has 41 heavy (non-hydrogen) atoms. The number of terminal acetylenes is 1. The van der Waals surface area contributed by atoms with Crippen molar-refractivity contribution in [1.82, 2.24) is 10.6 Å². The molecule has 2 amide bonds. The maximum atomic E-state index is 13.3. The topological polar surface area (TPSA) is 93.4 Å². The molecule has 0 aromatic heterocycles. The van der Waals surface area contributed by atoms with Crippen LogP contribution >= 0.6 is 0 Å². The fourth-order valence-corrected chi connectivity index (χ4v) is 4.82.